The number of carbonyl (C=O) groups is 1. The summed E-state index contributed by atoms with van der Waals surface area (Å²) < 4.78 is 55.7. The number of rotatable bonds is 4. The molecule has 0 aliphatic heterocycles. The Morgan fingerprint density at radius 2 is 1.68 bits per heavy atom. The van der Waals surface area contributed by atoms with E-state index in [2.05, 4.69) is 25.5 Å². The molecule has 2 N–H and O–H groups in total. The number of benzene rings is 2. The van der Waals surface area contributed by atoms with Gasteiger partial charge in [-0.1, -0.05) is 12.1 Å². The molecule has 0 saturated heterocycles. The van der Waals surface area contributed by atoms with Crippen LogP contribution in [0.4, 0.5) is 17.6 Å². The maximum atomic E-state index is 13.8. The first kappa shape index (κ1) is 20.1. The van der Waals surface area contributed by atoms with Gasteiger partial charge in [-0.25, -0.2) is 14.4 Å². The summed E-state index contributed by atoms with van der Waals surface area (Å²) in [5.41, 5.74) is 4.14. The van der Waals surface area contributed by atoms with Gasteiger partial charge in [0.1, 0.15) is 5.82 Å². The predicted octanol–water partition coefficient (Wildman–Crippen LogP) is 3.04. The van der Waals surface area contributed by atoms with Gasteiger partial charge in [-0.05, 0) is 46.8 Å². The van der Waals surface area contributed by atoms with Gasteiger partial charge in [0.05, 0.1) is 11.3 Å². The largest absolute Gasteiger partial charge is 0.434 e. The van der Waals surface area contributed by atoms with E-state index in [0.29, 0.717) is 0 Å². The number of alkyl halides is 3. The van der Waals surface area contributed by atoms with Crippen LogP contribution in [0.15, 0.2) is 54.7 Å². The van der Waals surface area contributed by atoms with Gasteiger partial charge in [-0.2, -0.15) is 17.9 Å². The molecule has 0 radical (unpaired) electrons. The summed E-state index contributed by atoms with van der Waals surface area (Å²) in [6, 6.07) is 10.4. The van der Waals surface area contributed by atoms with Crippen LogP contribution in [-0.2, 0) is 6.18 Å². The van der Waals surface area contributed by atoms with Gasteiger partial charge in [0.25, 0.3) is 0 Å². The molecule has 0 saturated carbocycles. The van der Waals surface area contributed by atoms with E-state index in [0.717, 1.165) is 23.0 Å². The Labute approximate surface area is 171 Å². The monoisotopic (exact) mass is 429 g/mol. The van der Waals surface area contributed by atoms with E-state index in [9.17, 15) is 22.4 Å². The highest BCUT2D eigenvalue weighted by Gasteiger charge is 2.38. The molecule has 1 amide bonds. The van der Waals surface area contributed by atoms with Crippen molar-refractivity contribution < 1.29 is 22.4 Å². The van der Waals surface area contributed by atoms with Crippen molar-refractivity contribution >= 4 is 5.91 Å². The number of tetrazole rings is 1. The average Bonchev–Trinajstić information content (AvgIpc) is 3.23. The normalized spacial score (nSPS) is 11.5. The lowest BCUT2D eigenvalue weighted by atomic mass is 10.1. The SMILES string of the molecule is NC(=O)c1ccc(-c2ncc(-c3nnnn3-c3ccc(F)cc3)c(C(F)(F)F)n2)cc1. The van der Waals surface area contributed by atoms with Crippen molar-refractivity contribution in [3.63, 3.8) is 0 Å². The molecule has 0 aliphatic rings. The highest BCUT2D eigenvalue weighted by molar-refractivity contribution is 5.93. The fourth-order valence-corrected chi connectivity index (χ4v) is 2.80. The standard InChI is InChI=1S/C19H11F4N7O/c20-12-5-7-13(8-6-12)30-18(27-28-29-30)14-9-25-17(26-15(14)19(21,22)23)11-3-1-10(2-4-11)16(24)31/h1-9H,(H2,24,31). The Morgan fingerprint density at radius 3 is 2.29 bits per heavy atom. The second kappa shape index (κ2) is 7.55. The second-order valence-corrected chi connectivity index (χ2v) is 6.29. The van der Waals surface area contributed by atoms with E-state index in [1.54, 1.807) is 0 Å². The molecule has 2 aromatic carbocycles. The van der Waals surface area contributed by atoms with Crippen LogP contribution < -0.4 is 5.73 Å². The first-order valence-electron chi connectivity index (χ1n) is 8.63. The van der Waals surface area contributed by atoms with Gasteiger partial charge >= 0.3 is 6.18 Å². The van der Waals surface area contributed by atoms with Gasteiger partial charge in [-0.15, -0.1) is 5.10 Å². The lowest BCUT2D eigenvalue weighted by Crippen LogP contribution is -2.14. The molecule has 8 nitrogen and oxygen atoms in total. The maximum Gasteiger partial charge on any atom is 0.434 e. The Balaban J connectivity index is 1.82. The van der Waals surface area contributed by atoms with Crippen LogP contribution in [0.5, 0.6) is 0 Å². The van der Waals surface area contributed by atoms with Crippen molar-refractivity contribution in [1.82, 2.24) is 30.2 Å². The van der Waals surface area contributed by atoms with Gasteiger partial charge in [0, 0.05) is 17.3 Å². The van der Waals surface area contributed by atoms with Crippen LogP contribution in [0.1, 0.15) is 16.1 Å². The van der Waals surface area contributed by atoms with Crippen molar-refractivity contribution in [3.8, 4) is 28.5 Å². The predicted molar refractivity (Wildman–Crippen MR) is 99.1 cm³/mol. The summed E-state index contributed by atoms with van der Waals surface area (Å²) in [5.74, 6) is -1.68. The number of hydrogen-bond acceptors (Lipinski definition) is 6. The Bertz CT molecular complexity index is 1250. The minimum Gasteiger partial charge on any atom is -0.366 e. The number of carbonyl (C=O) groups excluding carboxylic acids is 1. The van der Waals surface area contributed by atoms with E-state index in [4.69, 9.17) is 5.73 Å². The second-order valence-electron chi connectivity index (χ2n) is 6.29. The number of aromatic nitrogens is 6. The van der Waals surface area contributed by atoms with Crippen LogP contribution in [0.25, 0.3) is 28.5 Å². The summed E-state index contributed by atoms with van der Waals surface area (Å²) in [7, 11) is 0. The molecule has 0 bridgehead atoms. The lowest BCUT2D eigenvalue weighted by Gasteiger charge is -2.13. The number of halogens is 4. The Hall–Kier alpha value is -4.22. The van der Waals surface area contributed by atoms with E-state index < -0.39 is 29.2 Å². The summed E-state index contributed by atoms with van der Waals surface area (Å²) in [6.45, 7) is 0. The summed E-state index contributed by atoms with van der Waals surface area (Å²) in [6.07, 6.45) is -3.89. The Kier molecular flexibility index (Phi) is 4.89. The van der Waals surface area contributed by atoms with Crippen molar-refractivity contribution in [1.29, 1.82) is 0 Å². The zero-order valence-electron chi connectivity index (χ0n) is 15.4. The van der Waals surface area contributed by atoms with Gasteiger partial charge in [0.2, 0.25) is 5.91 Å². The van der Waals surface area contributed by atoms with Crippen LogP contribution in [0.2, 0.25) is 0 Å². The molecular weight excluding hydrogens is 418 g/mol. The van der Waals surface area contributed by atoms with Crippen molar-refractivity contribution in [2.75, 3.05) is 0 Å². The molecule has 12 heteroatoms. The minimum atomic E-state index is -4.85. The highest BCUT2D eigenvalue weighted by Crippen LogP contribution is 2.36. The zero-order valence-corrected chi connectivity index (χ0v) is 15.4. The summed E-state index contributed by atoms with van der Waals surface area (Å²) in [5, 5.41) is 10.8. The van der Waals surface area contributed by atoms with Crippen LogP contribution >= 0.6 is 0 Å². The van der Waals surface area contributed by atoms with E-state index in [1.807, 2.05) is 0 Å². The van der Waals surface area contributed by atoms with Gasteiger partial charge < -0.3 is 5.73 Å². The fourth-order valence-electron chi connectivity index (χ4n) is 2.80. The summed E-state index contributed by atoms with van der Waals surface area (Å²) >= 11 is 0. The van der Waals surface area contributed by atoms with Crippen molar-refractivity contribution in [2.24, 2.45) is 5.73 Å². The molecule has 4 rings (SSSR count). The van der Waals surface area contributed by atoms with Gasteiger partial charge in [-0.3, -0.25) is 4.79 Å². The zero-order chi connectivity index (χ0) is 22.2. The van der Waals surface area contributed by atoms with Crippen LogP contribution in [0.3, 0.4) is 0 Å². The molecule has 0 unspecified atom stereocenters. The van der Waals surface area contributed by atoms with Crippen molar-refractivity contribution in [3.05, 3.63) is 71.8 Å². The van der Waals surface area contributed by atoms with E-state index >= 15 is 0 Å². The van der Waals surface area contributed by atoms with Crippen LogP contribution in [-0.4, -0.2) is 36.1 Å². The third-order valence-electron chi connectivity index (χ3n) is 4.27. The number of nitrogens with two attached hydrogens (primary N) is 1. The number of amides is 1. The molecule has 0 atom stereocenters. The molecule has 0 fully saturated rings. The van der Waals surface area contributed by atoms with E-state index in [1.165, 1.54) is 36.4 Å². The smallest absolute Gasteiger partial charge is 0.366 e. The number of primary amides is 1. The van der Waals surface area contributed by atoms with Crippen molar-refractivity contribution in [2.45, 2.75) is 6.18 Å². The number of nitrogens with zero attached hydrogens (tertiary/aromatic N) is 6. The molecule has 4 aromatic rings. The summed E-state index contributed by atoms with van der Waals surface area (Å²) in [4.78, 5) is 18.9. The average molecular weight is 429 g/mol. The molecular formula is C19H11F4N7O. The van der Waals surface area contributed by atoms with Crippen LogP contribution in [0, 0.1) is 5.82 Å². The lowest BCUT2D eigenvalue weighted by molar-refractivity contribution is -0.140. The molecule has 2 aromatic heterocycles. The quantitative estimate of drug-likeness (QED) is 0.499. The third kappa shape index (κ3) is 3.95. The first-order chi connectivity index (χ1) is 14.7. The molecule has 156 valence electrons. The topological polar surface area (TPSA) is 112 Å². The minimum absolute atomic E-state index is 0.190. The molecule has 31 heavy (non-hydrogen) atoms. The first-order valence-corrected chi connectivity index (χ1v) is 8.63. The fraction of sp³-hybridized carbons (Fsp3) is 0.0526. The molecule has 2 heterocycles. The molecule has 0 spiro atoms. The Morgan fingerprint density at radius 1 is 1.00 bits per heavy atom. The molecule has 0 aliphatic carbocycles. The van der Waals surface area contributed by atoms with E-state index in [-0.39, 0.29) is 28.5 Å². The maximum absolute atomic E-state index is 13.8. The number of hydrogen-bond donors (Lipinski definition) is 1. The highest BCUT2D eigenvalue weighted by atomic mass is 19.4. The van der Waals surface area contributed by atoms with Gasteiger partial charge in [0.15, 0.2) is 17.3 Å². The third-order valence-corrected chi connectivity index (χ3v) is 4.27.